The molecule has 1 unspecified atom stereocenters. The van der Waals surface area contributed by atoms with Crippen LogP contribution in [0.1, 0.15) is 54.9 Å². The first-order valence-electron chi connectivity index (χ1n) is 7.34. The van der Waals surface area contributed by atoms with Crippen LogP contribution in [0.2, 0.25) is 0 Å². The Kier molecular flexibility index (Phi) is 4.25. The lowest BCUT2D eigenvalue weighted by atomic mass is 9.92. The largest absolute Gasteiger partial charge is 0.479 e. The number of carbonyl (C=O) groups is 2. The van der Waals surface area contributed by atoms with E-state index < -0.39 is 11.5 Å². The van der Waals surface area contributed by atoms with Crippen LogP contribution in [0.3, 0.4) is 0 Å². The molecule has 1 amide bonds. The monoisotopic (exact) mass is 291 g/mol. The van der Waals surface area contributed by atoms with Gasteiger partial charge in [0.15, 0.2) is 0 Å². The van der Waals surface area contributed by atoms with Gasteiger partial charge in [0.1, 0.15) is 5.54 Å². The van der Waals surface area contributed by atoms with E-state index in [1.54, 1.807) is 13.0 Å². The van der Waals surface area contributed by atoms with Gasteiger partial charge in [0.25, 0.3) is 5.91 Å². The molecular weight excluding hydrogens is 270 g/mol. The van der Waals surface area contributed by atoms with E-state index in [1.807, 2.05) is 13.8 Å². The number of amides is 1. The molecule has 0 radical (unpaired) electrons. The van der Waals surface area contributed by atoms with Gasteiger partial charge in [0.2, 0.25) is 0 Å². The van der Waals surface area contributed by atoms with Gasteiger partial charge < -0.3 is 10.0 Å². The maximum Gasteiger partial charge on any atom is 0.329 e. The molecule has 0 spiro atoms. The van der Waals surface area contributed by atoms with Crippen molar-refractivity contribution in [2.75, 3.05) is 6.54 Å². The van der Waals surface area contributed by atoms with Crippen LogP contribution >= 0.6 is 0 Å². The summed E-state index contributed by atoms with van der Waals surface area (Å²) in [5, 5.41) is 17.6. The van der Waals surface area contributed by atoms with E-state index in [4.69, 9.17) is 0 Å². The zero-order chi connectivity index (χ0) is 15.6. The molecule has 0 aromatic carbocycles. The molecule has 6 heteroatoms. The zero-order valence-corrected chi connectivity index (χ0v) is 12.7. The van der Waals surface area contributed by atoms with Gasteiger partial charge in [0.05, 0.1) is 17.0 Å². The highest BCUT2D eigenvalue weighted by atomic mass is 16.4. The van der Waals surface area contributed by atoms with Crippen molar-refractivity contribution >= 4 is 11.9 Å². The van der Waals surface area contributed by atoms with Gasteiger partial charge in [-0.15, -0.1) is 0 Å². The molecule has 0 saturated carbocycles. The Balaban J connectivity index is 2.44. The summed E-state index contributed by atoms with van der Waals surface area (Å²) in [5.74, 6) is -1.17. The fraction of sp³-hybridized carbons (Fsp3) is 0.600. The van der Waals surface area contributed by atoms with Crippen LogP contribution < -0.4 is 0 Å². The Labute approximate surface area is 124 Å². The third-order valence-corrected chi connectivity index (χ3v) is 4.27. The predicted octanol–water partition coefficient (Wildman–Crippen LogP) is 1.82. The number of rotatable bonds is 4. The molecule has 1 fully saturated rings. The van der Waals surface area contributed by atoms with Crippen molar-refractivity contribution in [2.24, 2.45) is 0 Å². The van der Waals surface area contributed by atoms with Crippen molar-refractivity contribution in [3.8, 4) is 0 Å². The molecule has 0 aliphatic carbocycles. The summed E-state index contributed by atoms with van der Waals surface area (Å²) in [4.78, 5) is 26.1. The Hall–Kier alpha value is -1.98. The van der Waals surface area contributed by atoms with Gasteiger partial charge in [-0.1, -0.05) is 13.8 Å². The molecule has 21 heavy (non-hydrogen) atoms. The van der Waals surface area contributed by atoms with Crippen molar-refractivity contribution in [3.63, 3.8) is 0 Å². The number of nitrogens with zero attached hydrogens (tertiary/aromatic N) is 3. The van der Waals surface area contributed by atoms with Gasteiger partial charge in [-0.05, 0) is 38.7 Å². The third kappa shape index (κ3) is 2.50. The molecular formula is C15H21N3O3. The minimum atomic E-state index is -1.08. The lowest BCUT2D eigenvalue weighted by Crippen LogP contribution is -2.52. The van der Waals surface area contributed by atoms with Crippen molar-refractivity contribution in [1.82, 2.24) is 15.1 Å². The predicted molar refractivity (Wildman–Crippen MR) is 77.1 cm³/mol. The van der Waals surface area contributed by atoms with Crippen molar-refractivity contribution in [3.05, 3.63) is 23.0 Å². The highest BCUT2D eigenvalue weighted by Crippen LogP contribution is 2.34. The van der Waals surface area contributed by atoms with Crippen LogP contribution in [-0.4, -0.2) is 44.2 Å². The minimum Gasteiger partial charge on any atom is -0.479 e. The molecule has 1 saturated heterocycles. The van der Waals surface area contributed by atoms with E-state index in [9.17, 15) is 14.7 Å². The molecule has 1 aromatic heterocycles. The SMILES string of the molecule is CCc1nnc(C)cc1C(=O)N1CCCC1(CC)C(=O)O. The summed E-state index contributed by atoms with van der Waals surface area (Å²) < 4.78 is 0. The molecule has 1 N–H and O–H groups in total. The fourth-order valence-corrected chi connectivity index (χ4v) is 3.02. The van der Waals surface area contributed by atoms with E-state index >= 15 is 0 Å². The van der Waals surface area contributed by atoms with E-state index in [0.717, 1.165) is 0 Å². The van der Waals surface area contributed by atoms with Gasteiger partial charge in [-0.2, -0.15) is 10.2 Å². The minimum absolute atomic E-state index is 0.244. The third-order valence-electron chi connectivity index (χ3n) is 4.27. The normalized spacial score (nSPS) is 21.6. The molecule has 1 aliphatic heterocycles. The lowest BCUT2D eigenvalue weighted by molar-refractivity contribution is -0.148. The maximum absolute atomic E-state index is 12.9. The van der Waals surface area contributed by atoms with Crippen LogP contribution in [-0.2, 0) is 11.2 Å². The highest BCUT2D eigenvalue weighted by molar-refractivity contribution is 5.99. The van der Waals surface area contributed by atoms with Gasteiger partial charge in [0, 0.05) is 6.54 Å². The second-order valence-electron chi connectivity index (χ2n) is 5.45. The standard InChI is InChI=1S/C15H21N3O3/c1-4-12-11(9-10(3)16-17-12)13(19)18-8-6-7-15(18,5-2)14(20)21/h9H,4-8H2,1-3H3,(H,20,21). The second kappa shape index (κ2) is 5.79. The Morgan fingerprint density at radius 2 is 2.10 bits per heavy atom. The number of likely N-dealkylation sites (tertiary alicyclic amines) is 1. The number of aromatic nitrogens is 2. The maximum atomic E-state index is 12.9. The highest BCUT2D eigenvalue weighted by Gasteiger charge is 2.49. The van der Waals surface area contributed by atoms with E-state index in [-0.39, 0.29) is 5.91 Å². The molecule has 114 valence electrons. The molecule has 0 bridgehead atoms. The van der Waals surface area contributed by atoms with Crippen LogP contribution in [0.4, 0.5) is 0 Å². The van der Waals surface area contributed by atoms with Crippen LogP contribution in [0.25, 0.3) is 0 Å². The molecule has 2 rings (SSSR count). The number of carboxylic acids is 1. The van der Waals surface area contributed by atoms with Crippen LogP contribution in [0.5, 0.6) is 0 Å². The van der Waals surface area contributed by atoms with E-state index in [1.165, 1.54) is 4.90 Å². The number of aryl methyl sites for hydroxylation is 2. The van der Waals surface area contributed by atoms with Gasteiger partial charge in [-0.3, -0.25) is 4.79 Å². The number of aliphatic carboxylic acids is 1. The van der Waals surface area contributed by atoms with Crippen molar-refractivity contribution in [1.29, 1.82) is 0 Å². The van der Waals surface area contributed by atoms with Gasteiger partial charge in [-0.25, -0.2) is 4.79 Å². The number of hydrogen-bond acceptors (Lipinski definition) is 4. The molecule has 2 heterocycles. The number of carboxylic acid groups (broad SMARTS) is 1. The fourth-order valence-electron chi connectivity index (χ4n) is 3.02. The molecule has 1 aliphatic rings. The Morgan fingerprint density at radius 1 is 1.38 bits per heavy atom. The van der Waals surface area contributed by atoms with Crippen LogP contribution in [0, 0.1) is 6.92 Å². The van der Waals surface area contributed by atoms with Gasteiger partial charge >= 0.3 is 5.97 Å². The quantitative estimate of drug-likeness (QED) is 0.914. The second-order valence-corrected chi connectivity index (χ2v) is 5.45. The summed E-state index contributed by atoms with van der Waals surface area (Å²) in [6, 6.07) is 1.70. The molecule has 1 aromatic rings. The average Bonchev–Trinajstić information content (AvgIpc) is 2.91. The number of carbonyl (C=O) groups excluding carboxylic acids is 1. The lowest BCUT2D eigenvalue weighted by Gasteiger charge is -2.34. The van der Waals surface area contributed by atoms with E-state index in [0.29, 0.717) is 49.2 Å². The summed E-state index contributed by atoms with van der Waals surface area (Å²) >= 11 is 0. The Morgan fingerprint density at radius 3 is 2.67 bits per heavy atom. The first-order valence-corrected chi connectivity index (χ1v) is 7.34. The summed E-state index contributed by atoms with van der Waals surface area (Å²) in [5.41, 5.74) is 0.672. The first kappa shape index (κ1) is 15.4. The zero-order valence-electron chi connectivity index (χ0n) is 12.7. The first-order chi connectivity index (χ1) is 9.96. The average molecular weight is 291 g/mol. The number of hydrogen-bond donors (Lipinski definition) is 1. The van der Waals surface area contributed by atoms with Crippen molar-refractivity contribution in [2.45, 2.75) is 52.0 Å². The van der Waals surface area contributed by atoms with E-state index in [2.05, 4.69) is 10.2 Å². The topological polar surface area (TPSA) is 83.4 Å². The smallest absolute Gasteiger partial charge is 0.329 e. The van der Waals surface area contributed by atoms with Crippen molar-refractivity contribution < 1.29 is 14.7 Å². The summed E-state index contributed by atoms with van der Waals surface area (Å²) in [6.07, 6.45) is 2.22. The molecule has 6 nitrogen and oxygen atoms in total. The Bertz CT molecular complexity index is 573. The summed E-state index contributed by atoms with van der Waals surface area (Å²) in [6.45, 7) is 5.97. The van der Waals surface area contributed by atoms with Crippen LogP contribution in [0.15, 0.2) is 6.07 Å². The summed E-state index contributed by atoms with van der Waals surface area (Å²) in [7, 11) is 0. The molecule has 1 atom stereocenters.